The van der Waals surface area contributed by atoms with Crippen LogP contribution in [0.4, 0.5) is 0 Å². The van der Waals surface area contributed by atoms with Gasteiger partial charge in [0.25, 0.3) is 0 Å². The van der Waals surface area contributed by atoms with Gasteiger partial charge in [-0.15, -0.1) is 0 Å². The highest BCUT2D eigenvalue weighted by atomic mass is 16.7. The van der Waals surface area contributed by atoms with Gasteiger partial charge in [0.1, 0.15) is 11.5 Å². The molecule has 5 heteroatoms. The smallest absolute Gasteiger partial charge is 0.231 e. The van der Waals surface area contributed by atoms with Crippen LogP contribution in [0.1, 0.15) is 11.1 Å². The van der Waals surface area contributed by atoms with Crippen LogP contribution in [-0.4, -0.2) is 26.0 Å². The van der Waals surface area contributed by atoms with Crippen molar-refractivity contribution >= 4 is 23.1 Å². The number of nitrogens with zero attached hydrogens (tertiary/aromatic N) is 1. The quantitative estimate of drug-likeness (QED) is 0.414. The Balaban J connectivity index is 1.70. The lowest BCUT2D eigenvalue weighted by Gasteiger charge is -2.11. The summed E-state index contributed by atoms with van der Waals surface area (Å²) in [6.07, 6.45) is 4.12. The molecule has 31 heavy (non-hydrogen) atoms. The molecule has 2 heterocycles. The number of hydrogen-bond donors (Lipinski definition) is 0. The highest BCUT2D eigenvalue weighted by Gasteiger charge is 2.18. The van der Waals surface area contributed by atoms with Crippen molar-refractivity contribution < 1.29 is 18.9 Å². The molecule has 5 nitrogen and oxygen atoms in total. The average molecular weight is 411 g/mol. The van der Waals surface area contributed by atoms with Crippen LogP contribution in [0.5, 0.6) is 23.0 Å². The number of rotatable bonds is 5. The topological polar surface area (TPSA) is 49.8 Å². The van der Waals surface area contributed by atoms with Gasteiger partial charge in [0.15, 0.2) is 11.5 Å². The highest BCUT2D eigenvalue weighted by Crippen LogP contribution is 2.39. The third-order valence-corrected chi connectivity index (χ3v) is 5.30. The molecule has 0 spiro atoms. The van der Waals surface area contributed by atoms with Crippen molar-refractivity contribution in [1.82, 2.24) is 4.98 Å². The molecule has 0 amide bonds. The molecule has 3 aromatic carbocycles. The molecule has 154 valence electrons. The van der Waals surface area contributed by atoms with Crippen LogP contribution in [0.25, 0.3) is 34.3 Å². The number of fused-ring (bicyclic) bond motifs is 2. The van der Waals surface area contributed by atoms with E-state index in [1.165, 1.54) is 0 Å². The molecule has 4 aromatic rings. The van der Waals surface area contributed by atoms with E-state index in [0.717, 1.165) is 50.5 Å². The normalized spacial score (nSPS) is 12.5. The van der Waals surface area contributed by atoms with E-state index < -0.39 is 0 Å². The number of methoxy groups -OCH3 is 2. The monoisotopic (exact) mass is 411 g/mol. The Bertz CT molecular complexity index is 1300. The van der Waals surface area contributed by atoms with Crippen molar-refractivity contribution in [2.24, 2.45) is 0 Å². The third kappa shape index (κ3) is 3.55. The minimum atomic E-state index is 0.220. The zero-order chi connectivity index (χ0) is 21.2. The molecule has 0 saturated carbocycles. The Morgan fingerprint density at radius 2 is 1.45 bits per heavy atom. The fourth-order valence-corrected chi connectivity index (χ4v) is 3.76. The van der Waals surface area contributed by atoms with Gasteiger partial charge < -0.3 is 18.9 Å². The van der Waals surface area contributed by atoms with Gasteiger partial charge >= 0.3 is 0 Å². The Kier molecular flexibility index (Phi) is 4.92. The molecule has 1 aromatic heterocycles. The van der Waals surface area contributed by atoms with E-state index in [4.69, 9.17) is 23.9 Å². The summed E-state index contributed by atoms with van der Waals surface area (Å²) in [5, 5.41) is 0.981. The summed E-state index contributed by atoms with van der Waals surface area (Å²) < 4.78 is 22.2. The summed E-state index contributed by atoms with van der Waals surface area (Å²) in [5.41, 5.74) is 4.58. The molecule has 0 bridgehead atoms. The summed E-state index contributed by atoms with van der Waals surface area (Å²) in [6, 6.07) is 21.8. The van der Waals surface area contributed by atoms with E-state index in [1.807, 2.05) is 66.7 Å². The van der Waals surface area contributed by atoms with Crippen molar-refractivity contribution in [3.63, 3.8) is 0 Å². The predicted octanol–water partition coefficient (Wildman–Crippen LogP) is 5.82. The second-order valence-electron chi connectivity index (χ2n) is 7.09. The lowest BCUT2D eigenvalue weighted by molar-refractivity contribution is 0.174. The van der Waals surface area contributed by atoms with Crippen LogP contribution in [0, 0.1) is 0 Å². The number of pyridine rings is 1. The van der Waals surface area contributed by atoms with Crippen LogP contribution >= 0.6 is 0 Å². The Hall–Kier alpha value is -3.99. The summed E-state index contributed by atoms with van der Waals surface area (Å²) in [4.78, 5) is 4.91. The van der Waals surface area contributed by atoms with Gasteiger partial charge in [-0.05, 0) is 35.9 Å². The molecule has 0 saturated heterocycles. The number of para-hydroxylation sites is 2. The maximum Gasteiger partial charge on any atom is 0.231 e. The molecule has 0 atom stereocenters. The molecule has 0 fully saturated rings. The van der Waals surface area contributed by atoms with Crippen molar-refractivity contribution in [3.05, 3.63) is 77.9 Å². The maximum absolute atomic E-state index is 5.60. The maximum atomic E-state index is 5.60. The standard InChI is InChI=1S/C26H21NO4/c1-28-23-9-5-3-7-17(23)11-12-18-13-21(19-8-4-6-10-24(19)29-2)27-22-15-26-25(14-20(18)22)30-16-31-26/h3-15H,16H2,1-2H3/b12-11+. The Morgan fingerprint density at radius 3 is 2.26 bits per heavy atom. The first-order valence-corrected chi connectivity index (χ1v) is 9.95. The summed E-state index contributed by atoms with van der Waals surface area (Å²) >= 11 is 0. The minimum Gasteiger partial charge on any atom is -0.496 e. The number of aromatic nitrogens is 1. The molecular formula is C26H21NO4. The molecule has 0 aliphatic carbocycles. The fourth-order valence-electron chi connectivity index (χ4n) is 3.76. The summed E-state index contributed by atoms with van der Waals surface area (Å²) in [6.45, 7) is 0.220. The number of hydrogen-bond acceptors (Lipinski definition) is 5. The lowest BCUT2D eigenvalue weighted by Crippen LogP contribution is -1.93. The molecule has 0 radical (unpaired) electrons. The van der Waals surface area contributed by atoms with E-state index in [1.54, 1.807) is 14.2 Å². The third-order valence-electron chi connectivity index (χ3n) is 5.30. The predicted molar refractivity (Wildman–Crippen MR) is 122 cm³/mol. The zero-order valence-electron chi connectivity index (χ0n) is 17.3. The first-order chi connectivity index (χ1) is 15.3. The molecule has 1 aliphatic heterocycles. The first-order valence-electron chi connectivity index (χ1n) is 9.95. The zero-order valence-corrected chi connectivity index (χ0v) is 17.3. The van der Waals surface area contributed by atoms with E-state index in [0.29, 0.717) is 5.75 Å². The summed E-state index contributed by atoms with van der Waals surface area (Å²) in [7, 11) is 3.34. The van der Waals surface area contributed by atoms with E-state index >= 15 is 0 Å². The first kappa shape index (κ1) is 19.0. The minimum absolute atomic E-state index is 0.220. The van der Waals surface area contributed by atoms with Crippen LogP contribution < -0.4 is 18.9 Å². The molecule has 5 rings (SSSR count). The Labute approximate surface area is 180 Å². The average Bonchev–Trinajstić information content (AvgIpc) is 3.28. The van der Waals surface area contributed by atoms with Crippen molar-refractivity contribution in [2.45, 2.75) is 0 Å². The fraction of sp³-hybridized carbons (Fsp3) is 0.115. The van der Waals surface area contributed by atoms with Gasteiger partial charge in [0.05, 0.1) is 25.4 Å². The molecule has 0 N–H and O–H groups in total. The SMILES string of the molecule is COc1ccccc1/C=C/c1cc(-c2ccccc2OC)nc2cc3c(cc12)OCO3. The van der Waals surface area contributed by atoms with Crippen LogP contribution in [0.3, 0.4) is 0 Å². The molecule has 1 aliphatic rings. The van der Waals surface area contributed by atoms with Crippen LogP contribution in [-0.2, 0) is 0 Å². The van der Waals surface area contributed by atoms with Gasteiger partial charge in [-0.25, -0.2) is 4.98 Å². The van der Waals surface area contributed by atoms with Crippen molar-refractivity contribution in [2.75, 3.05) is 21.0 Å². The van der Waals surface area contributed by atoms with E-state index in [2.05, 4.69) is 12.1 Å². The largest absolute Gasteiger partial charge is 0.496 e. The van der Waals surface area contributed by atoms with Gasteiger partial charge in [-0.2, -0.15) is 0 Å². The molecular weight excluding hydrogens is 390 g/mol. The summed E-state index contributed by atoms with van der Waals surface area (Å²) in [5.74, 6) is 3.03. The van der Waals surface area contributed by atoms with Crippen LogP contribution in [0.15, 0.2) is 66.7 Å². The second-order valence-corrected chi connectivity index (χ2v) is 7.09. The van der Waals surface area contributed by atoms with Crippen molar-refractivity contribution in [3.8, 4) is 34.3 Å². The number of ether oxygens (including phenoxy) is 4. The Morgan fingerprint density at radius 1 is 0.774 bits per heavy atom. The van der Waals surface area contributed by atoms with E-state index in [-0.39, 0.29) is 6.79 Å². The van der Waals surface area contributed by atoms with Gasteiger partial charge in [-0.1, -0.05) is 42.5 Å². The van der Waals surface area contributed by atoms with Gasteiger partial charge in [0, 0.05) is 22.6 Å². The van der Waals surface area contributed by atoms with Crippen molar-refractivity contribution in [1.29, 1.82) is 0 Å². The van der Waals surface area contributed by atoms with Crippen LogP contribution in [0.2, 0.25) is 0 Å². The van der Waals surface area contributed by atoms with E-state index in [9.17, 15) is 0 Å². The van der Waals surface area contributed by atoms with Gasteiger partial charge in [-0.3, -0.25) is 0 Å². The molecule has 0 unspecified atom stereocenters. The lowest BCUT2D eigenvalue weighted by atomic mass is 10.0. The number of benzene rings is 3. The second kappa shape index (κ2) is 8.03. The van der Waals surface area contributed by atoms with Gasteiger partial charge in [0.2, 0.25) is 6.79 Å². The highest BCUT2D eigenvalue weighted by molar-refractivity contribution is 5.95.